The molecule has 3 heteroatoms. The van der Waals surface area contributed by atoms with Crippen molar-refractivity contribution in [3.63, 3.8) is 0 Å². The first-order valence-electron chi connectivity index (χ1n) is 6.13. The van der Waals surface area contributed by atoms with E-state index in [4.69, 9.17) is 5.84 Å². The zero-order chi connectivity index (χ0) is 11.8. The molecule has 1 heterocycles. The standard InChI is InChI=1S/C13H23N3/c1-3-4-11(2)13(16-14)6-5-12-7-9-15-10-8-12/h7-11,13,16H,3-6,14H2,1-2H3. The van der Waals surface area contributed by atoms with Gasteiger partial charge in [-0.3, -0.25) is 16.3 Å². The summed E-state index contributed by atoms with van der Waals surface area (Å²) in [5.74, 6) is 6.24. The van der Waals surface area contributed by atoms with E-state index >= 15 is 0 Å². The number of nitrogens with two attached hydrogens (primary N) is 1. The van der Waals surface area contributed by atoms with Gasteiger partial charge < -0.3 is 0 Å². The zero-order valence-electron chi connectivity index (χ0n) is 10.3. The highest BCUT2D eigenvalue weighted by molar-refractivity contribution is 5.09. The molecule has 0 bridgehead atoms. The van der Waals surface area contributed by atoms with Crippen LogP contribution in [0.2, 0.25) is 0 Å². The Bertz CT molecular complexity index is 274. The van der Waals surface area contributed by atoms with Crippen LogP contribution in [0.25, 0.3) is 0 Å². The van der Waals surface area contributed by atoms with Crippen LogP contribution in [0, 0.1) is 5.92 Å². The zero-order valence-corrected chi connectivity index (χ0v) is 10.3. The number of rotatable bonds is 7. The van der Waals surface area contributed by atoms with Gasteiger partial charge in [-0.1, -0.05) is 20.3 Å². The Morgan fingerprint density at radius 2 is 2.00 bits per heavy atom. The van der Waals surface area contributed by atoms with Crippen LogP contribution in [0.3, 0.4) is 0 Å². The second-order valence-electron chi connectivity index (χ2n) is 4.43. The van der Waals surface area contributed by atoms with Crippen molar-refractivity contribution in [1.82, 2.24) is 10.4 Å². The first-order chi connectivity index (χ1) is 7.77. The summed E-state index contributed by atoms with van der Waals surface area (Å²) < 4.78 is 0. The molecule has 1 rings (SSSR count). The van der Waals surface area contributed by atoms with Crippen molar-refractivity contribution < 1.29 is 0 Å². The molecule has 0 fully saturated rings. The molecule has 0 aromatic carbocycles. The maximum absolute atomic E-state index is 5.61. The quantitative estimate of drug-likeness (QED) is 0.548. The van der Waals surface area contributed by atoms with Gasteiger partial charge in [0, 0.05) is 18.4 Å². The molecular formula is C13H23N3. The predicted octanol–water partition coefficient (Wildman–Crippen LogP) is 2.28. The third kappa shape index (κ3) is 4.29. The molecule has 3 N–H and O–H groups in total. The van der Waals surface area contributed by atoms with Gasteiger partial charge in [0.15, 0.2) is 0 Å². The van der Waals surface area contributed by atoms with E-state index in [-0.39, 0.29) is 0 Å². The molecule has 0 saturated heterocycles. The molecule has 0 spiro atoms. The fourth-order valence-electron chi connectivity index (χ4n) is 2.06. The van der Waals surface area contributed by atoms with E-state index in [1.54, 1.807) is 0 Å². The molecule has 1 aromatic heterocycles. The Kier molecular flexibility index (Phi) is 6.04. The smallest absolute Gasteiger partial charge is 0.0270 e. The summed E-state index contributed by atoms with van der Waals surface area (Å²) in [7, 11) is 0. The highest BCUT2D eigenvalue weighted by Crippen LogP contribution is 2.15. The first kappa shape index (κ1) is 13.1. The Morgan fingerprint density at radius 3 is 2.56 bits per heavy atom. The minimum Gasteiger partial charge on any atom is -0.271 e. The maximum Gasteiger partial charge on any atom is 0.0270 e. The minimum absolute atomic E-state index is 0.410. The summed E-state index contributed by atoms with van der Waals surface area (Å²) in [4.78, 5) is 4.02. The monoisotopic (exact) mass is 221 g/mol. The molecule has 90 valence electrons. The number of pyridine rings is 1. The van der Waals surface area contributed by atoms with Gasteiger partial charge in [0.2, 0.25) is 0 Å². The second-order valence-corrected chi connectivity index (χ2v) is 4.43. The van der Waals surface area contributed by atoms with E-state index in [2.05, 4.69) is 36.4 Å². The Balaban J connectivity index is 2.39. The molecule has 16 heavy (non-hydrogen) atoms. The topological polar surface area (TPSA) is 50.9 Å². The summed E-state index contributed by atoms with van der Waals surface area (Å²) >= 11 is 0. The highest BCUT2D eigenvalue weighted by atomic mass is 15.2. The Hall–Kier alpha value is -0.930. The van der Waals surface area contributed by atoms with Crippen LogP contribution in [-0.4, -0.2) is 11.0 Å². The number of nitrogens with zero attached hydrogens (tertiary/aromatic N) is 1. The van der Waals surface area contributed by atoms with Gasteiger partial charge in [0.25, 0.3) is 0 Å². The van der Waals surface area contributed by atoms with Gasteiger partial charge in [-0.05, 0) is 42.9 Å². The summed E-state index contributed by atoms with van der Waals surface area (Å²) in [6, 6.07) is 4.55. The fourth-order valence-corrected chi connectivity index (χ4v) is 2.06. The molecular weight excluding hydrogens is 198 g/mol. The van der Waals surface area contributed by atoms with Gasteiger partial charge in [-0.25, -0.2) is 0 Å². The summed E-state index contributed by atoms with van der Waals surface area (Å²) in [6.45, 7) is 4.48. The van der Waals surface area contributed by atoms with Crippen LogP contribution in [0.5, 0.6) is 0 Å². The largest absolute Gasteiger partial charge is 0.271 e. The van der Waals surface area contributed by atoms with Crippen LogP contribution in [0.15, 0.2) is 24.5 Å². The van der Waals surface area contributed by atoms with E-state index in [0.29, 0.717) is 12.0 Å². The lowest BCUT2D eigenvalue weighted by Crippen LogP contribution is -2.40. The Labute approximate surface area is 98.4 Å². The third-order valence-electron chi connectivity index (χ3n) is 3.14. The van der Waals surface area contributed by atoms with E-state index in [9.17, 15) is 0 Å². The molecule has 0 radical (unpaired) electrons. The average molecular weight is 221 g/mol. The second kappa shape index (κ2) is 7.36. The number of hydrogen-bond donors (Lipinski definition) is 2. The lowest BCUT2D eigenvalue weighted by Gasteiger charge is -2.22. The molecule has 3 nitrogen and oxygen atoms in total. The lowest BCUT2D eigenvalue weighted by atomic mass is 9.92. The van der Waals surface area contributed by atoms with Crippen molar-refractivity contribution in [2.45, 2.75) is 45.6 Å². The van der Waals surface area contributed by atoms with Crippen LogP contribution < -0.4 is 11.3 Å². The van der Waals surface area contributed by atoms with Crippen LogP contribution in [0.1, 0.15) is 38.7 Å². The molecule has 0 saturated carbocycles. The van der Waals surface area contributed by atoms with Gasteiger partial charge >= 0.3 is 0 Å². The molecule has 2 unspecified atom stereocenters. The normalized spacial score (nSPS) is 14.7. The first-order valence-corrected chi connectivity index (χ1v) is 6.13. The lowest BCUT2D eigenvalue weighted by molar-refractivity contribution is 0.341. The van der Waals surface area contributed by atoms with E-state index in [0.717, 1.165) is 12.8 Å². The molecule has 2 atom stereocenters. The predicted molar refractivity (Wildman–Crippen MR) is 67.7 cm³/mol. The SMILES string of the molecule is CCCC(C)C(CCc1ccncc1)NN. The fraction of sp³-hybridized carbons (Fsp3) is 0.615. The Morgan fingerprint density at radius 1 is 1.31 bits per heavy atom. The van der Waals surface area contributed by atoms with Crippen molar-refractivity contribution in [1.29, 1.82) is 0 Å². The summed E-state index contributed by atoms with van der Waals surface area (Å²) in [6.07, 6.45) is 8.28. The summed E-state index contributed by atoms with van der Waals surface area (Å²) in [5, 5.41) is 0. The number of nitrogens with one attached hydrogen (secondary N) is 1. The van der Waals surface area contributed by atoms with Crippen molar-refractivity contribution in [2.24, 2.45) is 11.8 Å². The molecule has 0 aliphatic heterocycles. The number of aromatic nitrogens is 1. The van der Waals surface area contributed by atoms with Crippen molar-refractivity contribution in [3.8, 4) is 0 Å². The molecule has 0 aliphatic rings. The highest BCUT2D eigenvalue weighted by Gasteiger charge is 2.14. The minimum atomic E-state index is 0.410. The van der Waals surface area contributed by atoms with Gasteiger partial charge in [-0.2, -0.15) is 0 Å². The average Bonchev–Trinajstić information content (AvgIpc) is 2.31. The van der Waals surface area contributed by atoms with Gasteiger partial charge in [-0.15, -0.1) is 0 Å². The number of hydrogen-bond acceptors (Lipinski definition) is 3. The van der Waals surface area contributed by atoms with Crippen LogP contribution >= 0.6 is 0 Å². The van der Waals surface area contributed by atoms with Crippen LogP contribution in [-0.2, 0) is 6.42 Å². The van der Waals surface area contributed by atoms with E-state index < -0.39 is 0 Å². The van der Waals surface area contributed by atoms with Crippen molar-refractivity contribution in [3.05, 3.63) is 30.1 Å². The molecule has 0 amide bonds. The number of aryl methyl sites for hydroxylation is 1. The van der Waals surface area contributed by atoms with E-state index in [1.165, 1.54) is 18.4 Å². The number of hydrazine groups is 1. The van der Waals surface area contributed by atoms with Crippen LogP contribution in [0.4, 0.5) is 0 Å². The molecule has 1 aromatic rings. The van der Waals surface area contributed by atoms with Gasteiger partial charge in [0.1, 0.15) is 0 Å². The maximum atomic E-state index is 5.61. The van der Waals surface area contributed by atoms with Crippen molar-refractivity contribution >= 4 is 0 Å². The van der Waals surface area contributed by atoms with Gasteiger partial charge in [0.05, 0.1) is 0 Å². The van der Waals surface area contributed by atoms with E-state index in [1.807, 2.05) is 12.4 Å². The van der Waals surface area contributed by atoms with Crippen molar-refractivity contribution in [2.75, 3.05) is 0 Å². The summed E-state index contributed by atoms with van der Waals surface area (Å²) in [5.41, 5.74) is 4.27. The third-order valence-corrected chi connectivity index (χ3v) is 3.14. The molecule has 0 aliphatic carbocycles.